The van der Waals surface area contributed by atoms with Gasteiger partial charge in [0.05, 0.1) is 13.2 Å². The fourth-order valence-electron chi connectivity index (χ4n) is 2.41. The third-order valence-corrected chi connectivity index (χ3v) is 3.91. The largest absolute Gasteiger partial charge is 0.491 e. The van der Waals surface area contributed by atoms with Gasteiger partial charge in [-0.25, -0.2) is 14.0 Å². The van der Waals surface area contributed by atoms with E-state index in [0.29, 0.717) is 12.2 Å². The van der Waals surface area contributed by atoms with E-state index in [1.807, 2.05) is 13.8 Å². The number of ether oxygens (including phenoxy) is 3. The molecule has 1 unspecified atom stereocenters. The van der Waals surface area contributed by atoms with Crippen molar-refractivity contribution >= 4 is 12.1 Å². The van der Waals surface area contributed by atoms with Gasteiger partial charge < -0.3 is 19.5 Å². The van der Waals surface area contributed by atoms with Crippen LogP contribution in [0.2, 0.25) is 0 Å². The summed E-state index contributed by atoms with van der Waals surface area (Å²) in [5, 5.41) is 2.54. The van der Waals surface area contributed by atoms with E-state index in [9.17, 15) is 14.0 Å². The summed E-state index contributed by atoms with van der Waals surface area (Å²) in [5.41, 5.74) is -0.163. The SMILES string of the molecule is CCCCOC(=O)C(Cc1ccc(OCCCC)c(F)c1)NC(=O)OC(C)(C)C. The number of amides is 1. The zero-order chi connectivity index (χ0) is 21.9. The first kappa shape index (κ1) is 24.7. The number of rotatable bonds is 11. The first-order chi connectivity index (χ1) is 13.7. The van der Waals surface area contributed by atoms with Crippen LogP contribution in [0.3, 0.4) is 0 Å². The molecule has 0 aliphatic carbocycles. The van der Waals surface area contributed by atoms with Crippen molar-refractivity contribution in [2.45, 2.75) is 78.4 Å². The maximum absolute atomic E-state index is 14.3. The predicted octanol–water partition coefficient (Wildman–Crippen LogP) is 4.78. The van der Waals surface area contributed by atoms with Crippen LogP contribution in [0.4, 0.5) is 9.18 Å². The minimum Gasteiger partial charge on any atom is -0.491 e. The summed E-state index contributed by atoms with van der Waals surface area (Å²) < 4.78 is 30.2. The van der Waals surface area contributed by atoms with Crippen LogP contribution in [0.15, 0.2) is 18.2 Å². The van der Waals surface area contributed by atoms with Gasteiger partial charge in [-0.2, -0.15) is 0 Å². The van der Waals surface area contributed by atoms with Crippen LogP contribution < -0.4 is 10.1 Å². The highest BCUT2D eigenvalue weighted by Gasteiger charge is 2.26. The van der Waals surface area contributed by atoms with Crippen molar-refractivity contribution in [1.29, 1.82) is 0 Å². The zero-order valence-electron chi connectivity index (χ0n) is 18.2. The number of halogens is 1. The molecule has 0 aliphatic rings. The maximum Gasteiger partial charge on any atom is 0.408 e. The molecule has 0 bridgehead atoms. The number of hydrogen-bond acceptors (Lipinski definition) is 5. The van der Waals surface area contributed by atoms with Gasteiger partial charge in [0.2, 0.25) is 0 Å². The summed E-state index contributed by atoms with van der Waals surface area (Å²) in [6, 6.07) is 3.54. The van der Waals surface area contributed by atoms with Crippen LogP contribution in [-0.4, -0.2) is 36.9 Å². The van der Waals surface area contributed by atoms with Crippen molar-refractivity contribution in [2.75, 3.05) is 13.2 Å². The summed E-state index contributed by atoms with van der Waals surface area (Å²) in [4.78, 5) is 24.6. The van der Waals surface area contributed by atoms with Crippen molar-refractivity contribution in [2.24, 2.45) is 0 Å². The Morgan fingerprint density at radius 2 is 1.76 bits per heavy atom. The Morgan fingerprint density at radius 1 is 1.10 bits per heavy atom. The lowest BCUT2D eigenvalue weighted by Gasteiger charge is -2.23. The Bertz CT molecular complexity index is 657. The van der Waals surface area contributed by atoms with E-state index in [-0.39, 0.29) is 18.8 Å². The molecule has 0 saturated carbocycles. The Kier molecular flexibility index (Phi) is 10.5. The molecule has 1 amide bonds. The van der Waals surface area contributed by atoms with Gasteiger partial charge in [-0.15, -0.1) is 0 Å². The summed E-state index contributed by atoms with van der Waals surface area (Å²) >= 11 is 0. The van der Waals surface area contributed by atoms with Crippen molar-refractivity contribution in [3.63, 3.8) is 0 Å². The van der Waals surface area contributed by atoms with Gasteiger partial charge in [0, 0.05) is 6.42 Å². The van der Waals surface area contributed by atoms with Crippen LogP contribution in [0.1, 0.15) is 65.9 Å². The zero-order valence-corrected chi connectivity index (χ0v) is 18.2. The van der Waals surface area contributed by atoms with Gasteiger partial charge >= 0.3 is 12.1 Å². The van der Waals surface area contributed by atoms with E-state index in [2.05, 4.69) is 5.32 Å². The van der Waals surface area contributed by atoms with Crippen molar-refractivity contribution < 1.29 is 28.2 Å². The van der Waals surface area contributed by atoms with E-state index >= 15 is 0 Å². The average Bonchev–Trinajstić information content (AvgIpc) is 2.61. The lowest BCUT2D eigenvalue weighted by Crippen LogP contribution is -2.45. The highest BCUT2D eigenvalue weighted by atomic mass is 19.1. The number of benzene rings is 1. The highest BCUT2D eigenvalue weighted by molar-refractivity contribution is 5.81. The first-order valence-corrected chi connectivity index (χ1v) is 10.2. The molecule has 0 aliphatic heterocycles. The Balaban J connectivity index is 2.85. The fraction of sp³-hybridized carbons (Fsp3) is 0.636. The summed E-state index contributed by atoms with van der Waals surface area (Å²) in [6.45, 7) is 9.91. The molecule has 6 nitrogen and oxygen atoms in total. The van der Waals surface area contributed by atoms with Crippen molar-refractivity contribution in [3.05, 3.63) is 29.6 Å². The standard InChI is InChI=1S/C22H34FNO5/c1-6-8-12-27-19-11-10-16(14-17(19)23)15-18(20(25)28-13-9-7-2)24-21(26)29-22(3,4)5/h10-11,14,18H,6-9,12-13,15H2,1-5H3,(H,24,26). The van der Waals surface area contributed by atoms with Crippen LogP contribution in [0, 0.1) is 5.82 Å². The second-order valence-corrected chi connectivity index (χ2v) is 7.89. The molecule has 1 aromatic rings. The van der Waals surface area contributed by atoms with E-state index in [0.717, 1.165) is 25.7 Å². The van der Waals surface area contributed by atoms with Gasteiger partial charge in [-0.05, 0) is 51.3 Å². The molecule has 1 atom stereocenters. The molecule has 0 aromatic heterocycles. The summed E-state index contributed by atoms with van der Waals surface area (Å²) in [6.07, 6.45) is 2.75. The lowest BCUT2D eigenvalue weighted by molar-refractivity contribution is -0.146. The normalized spacial score (nSPS) is 12.2. The number of carbonyl (C=O) groups excluding carboxylic acids is 2. The Morgan fingerprint density at radius 3 is 2.34 bits per heavy atom. The molecule has 0 heterocycles. The molecule has 0 saturated heterocycles. The second kappa shape index (κ2) is 12.3. The maximum atomic E-state index is 14.3. The molecule has 164 valence electrons. The van der Waals surface area contributed by atoms with Gasteiger partial charge in [0.15, 0.2) is 11.6 Å². The molecule has 1 rings (SSSR count). The minimum atomic E-state index is -0.979. The molecule has 0 radical (unpaired) electrons. The van der Waals surface area contributed by atoms with Gasteiger partial charge in [-0.1, -0.05) is 32.8 Å². The van der Waals surface area contributed by atoms with Gasteiger partial charge in [0.1, 0.15) is 11.6 Å². The molecule has 0 spiro atoms. The van der Waals surface area contributed by atoms with Gasteiger partial charge in [0.25, 0.3) is 0 Å². The molecule has 0 fully saturated rings. The second-order valence-electron chi connectivity index (χ2n) is 7.89. The fourth-order valence-corrected chi connectivity index (χ4v) is 2.41. The van der Waals surface area contributed by atoms with Crippen LogP contribution in [0.25, 0.3) is 0 Å². The third-order valence-electron chi connectivity index (χ3n) is 3.91. The lowest BCUT2D eigenvalue weighted by atomic mass is 10.1. The van der Waals surface area contributed by atoms with Gasteiger partial charge in [-0.3, -0.25) is 0 Å². The number of esters is 1. The average molecular weight is 412 g/mol. The molecule has 29 heavy (non-hydrogen) atoms. The number of nitrogens with one attached hydrogen (secondary N) is 1. The number of carbonyl (C=O) groups is 2. The highest BCUT2D eigenvalue weighted by Crippen LogP contribution is 2.20. The summed E-state index contributed by atoms with van der Waals surface area (Å²) in [7, 11) is 0. The Hall–Kier alpha value is -2.31. The van der Waals surface area contributed by atoms with Crippen molar-refractivity contribution in [1.82, 2.24) is 5.32 Å². The smallest absolute Gasteiger partial charge is 0.408 e. The van der Waals surface area contributed by atoms with E-state index in [4.69, 9.17) is 14.2 Å². The minimum absolute atomic E-state index is 0.0797. The third kappa shape index (κ3) is 10.1. The Labute approximate surface area is 173 Å². The van der Waals surface area contributed by atoms with Crippen molar-refractivity contribution in [3.8, 4) is 5.75 Å². The first-order valence-electron chi connectivity index (χ1n) is 10.2. The number of unbranched alkanes of at least 4 members (excludes halogenated alkanes) is 2. The molecule has 7 heteroatoms. The quantitative estimate of drug-likeness (QED) is 0.419. The van der Waals surface area contributed by atoms with E-state index < -0.39 is 29.5 Å². The van der Waals surface area contributed by atoms with Crippen LogP contribution in [-0.2, 0) is 20.7 Å². The van der Waals surface area contributed by atoms with Crippen LogP contribution >= 0.6 is 0 Å². The number of hydrogen-bond donors (Lipinski definition) is 1. The number of alkyl carbamates (subject to hydrolysis) is 1. The van der Waals surface area contributed by atoms with E-state index in [1.54, 1.807) is 26.8 Å². The summed E-state index contributed by atoms with van der Waals surface area (Å²) in [5.74, 6) is -0.911. The van der Waals surface area contributed by atoms with E-state index in [1.165, 1.54) is 12.1 Å². The predicted molar refractivity (Wildman–Crippen MR) is 110 cm³/mol. The molecule has 1 N–H and O–H groups in total. The van der Waals surface area contributed by atoms with Crippen LogP contribution in [0.5, 0.6) is 5.75 Å². The molecular formula is C22H34FNO5. The molecular weight excluding hydrogens is 377 g/mol. The molecule has 1 aromatic carbocycles. The topological polar surface area (TPSA) is 73.9 Å². The monoisotopic (exact) mass is 411 g/mol.